The molecule has 0 spiro atoms. The Bertz CT molecular complexity index is 3840. The average molecular weight is 1440 g/mol. The zero-order valence-corrected chi connectivity index (χ0v) is 61.9. The van der Waals surface area contributed by atoms with Gasteiger partial charge in [-0.05, 0) is 133 Å². The fraction of sp³-hybridized carbons (Fsp3) is 0.374. The second-order valence-electron chi connectivity index (χ2n) is 26.9. The molecular formula is C91H106O15. The van der Waals surface area contributed by atoms with Crippen LogP contribution in [0.25, 0.3) is 0 Å². The maximum atomic E-state index is 13.8. The molecule has 0 fully saturated rings. The van der Waals surface area contributed by atoms with Crippen molar-refractivity contribution in [1.29, 1.82) is 0 Å². The van der Waals surface area contributed by atoms with Gasteiger partial charge in [0.1, 0.15) is 110 Å². The lowest BCUT2D eigenvalue weighted by atomic mass is 9.85. The second kappa shape index (κ2) is 44.8. The first-order valence-corrected chi connectivity index (χ1v) is 38.2. The molecule has 3 N–H and O–H groups in total. The van der Waals surface area contributed by atoms with E-state index >= 15 is 0 Å². The van der Waals surface area contributed by atoms with Gasteiger partial charge in [0.15, 0.2) is 17.3 Å². The van der Waals surface area contributed by atoms with Crippen LogP contribution in [0, 0.1) is 0 Å². The third-order valence-electron chi connectivity index (χ3n) is 18.3. The van der Waals surface area contributed by atoms with Gasteiger partial charge in [0.05, 0.1) is 36.5 Å². The van der Waals surface area contributed by atoms with E-state index in [1.807, 2.05) is 121 Å². The maximum Gasteiger partial charge on any atom is 0.196 e. The van der Waals surface area contributed by atoms with Crippen LogP contribution in [-0.4, -0.2) is 110 Å². The predicted octanol–water partition coefficient (Wildman–Crippen LogP) is 19.2. The Balaban J connectivity index is 0.841. The molecule has 0 aliphatic rings. The summed E-state index contributed by atoms with van der Waals surface area (Å²) in [4.78, 5) is 41.3. The van der Waals surface area contributed by atoms with Crippen LogP contribution in [0.1, 0.15) is 207 Å². The van der Waals surface area contributed by atoms with E-state index in [0.29, 0.717) is 105 Å². The average Bonchev–Trinajstić information content (AvgIpc) is 0.850. The SMILES string of the molecule is CCCCCCCCOc1ccc(C(=O)c2ccccc2OCC(O)COc2ccc(C(c3ccc(OCC(O)COc4cc(OCCCCCCCC)ccc4C(=O)c4ccccc4)cc3)c3ccc(OCC(O)COc4cc(OCCCCCCCC)ccc4C(=O)c4ccccc4)cc3)cc2)cc1. The van der Waals surface area contributed by atoms with Crippen molar-refractivity contribution in [3.05, 3.63) is 268 Å². The van der Waals surface area contributed by atoms with Crippen LogP contribution in [-0.2, 0) is 0 Å². The number of hydrogen-bond donors (Lipinski definition) is 3. The van der Waals surface area contributed by atoms with Crippen molar-refractivity contribution in [1.82, 2.24) is 0 Å². The lowest BCUT2D eigenvalue weighted by Crippen LogP contribution is -2.25. The molecule has 15 nitrogen and oxygen atoms in total. The molecule has 0 aliphatic heterocycles. The van der Waals surface area contributed by atoms with Crippen molar-refractivity contribution < 1.29 is 72.3 Å². The number of hydrogen-bond acceptors (Lipinski definition) is 15. The molecule has 0 amide bonds. The molecule has 0 saturated carbocycles. The summed E-state index contributed by atoms with van der Waals surface area (Å²) in [7, 11) is 0. The summed E-state index contributed by atoms with van der Waals surface area (Å²) in [6.45, 7) is 7.60. The third kappa shape index (κ3) is 26.3. The highest BCUT2D eigenvalue weighted by Gasteiger charge is 2.23. The molecule has 0 aromatic heterocycles. The van der Waals surface area contributed by atoms with E-state index < -0.39 is 18.3 Å². The molecule has 0 heterocycles. The molecular weight excluding hydrogens is 1330 g/mol. The van der Waals surface area contributed by atoms with Crippen LogP contribution in [0.3, 0.4) is 0 Å². The van der Waals surface area contributed by atoms with Gasteiger partial charge < -0.3 is 58.0 Å². The number of aliphatic hydroxyl groups excluding tert-OH is 3. The quantitative estimate of drug-likeness (QED) is 0.0185. The monoisotopic (exact) mass is 1440 g/mol. The van der Waals surface area contributed by atoms with Crippen molar-refractivity contribution in [2.24, 2.45) is 0 Å². The molecule has 0 saturated heterocycles. The summed E-state index contributed by atoms with van der Waals surface area (Å²) in [6.07, 6.45) is 17.4. The van der Waals surface area contributed by atoms with Gasteiger partial charge >= 0.3 is 0 Å². The van der Waals surface area contributed by atoms with Crippen LogP contribution in [0.4, 0.5) is 0 Å². The van der Waals surface area contributed by atoms with E-state index in [-0.39, 0.29) is 62.9 Å². The van der Waals surface area contributed by atoms with E-state index in [1.54, 1.807) is 97.1 Å². The topological polar surface area (TPSA) is 195 Å². The van der Waals surface area contributed by atoms with Crippen LogP contribution in [0.15, 0.2) is 218 Å². The Morgan fingerprint density at radius 3 is 0.915 bits per heavy atom. The van der Waals surface area contributed by atoms with Crippen molar-refractivity contribution in [2.45, 2.75) is 161 Å². The maximum absolute atomic E-state index is 13.8. The number of carbonyl (C=O) groups is 3. The van der Waals surface area contributed by atoms with E-state index in [4.69, 9.17) is 42.6 Å². The Morgan fingerprint density at radius 1 is 0.264 bits per heavy atom. The number of unbranched alkanes of at least 4 members (excludes halogenated alkanes) is 15. The molecule has 560 valence electrons. The molecule has 0 bridgehead atoms. The number of aliphatic hydroxyl groups is 3. The zero-order chi connectivity index (χ0) is 74.3. The molecule has 0 radical (unpaired) electrons. The van der Waals surface area contributed by atoms with Gasteiger partial charge in [-0.25, -0.2) is 0 Å². The minimum absolute atomic E-state index is 0.0867. The first-order valence-electron chi connectivity index (χ1n) is 38.2. The minimum Gasteiger partial charge on any atom is -0.494 e. The van der Waals surface area contributed by atoms with Gasteiger partial charge in [-0.1, -0.05) is 226 Å². The fourth-order valence-electron chi connectivity index (χ4n) is 12.3. The predicted molar refractivity (Wildman–Crippen MR) is 417 cm³/mol. The van der Waals surface area contributed by atoms with Crippen LogP contribution >= 0.6 is 0 Å². The summed E-state index contributed by atoms with van der Waals surface area (Å²) in [5, 5.41) is 33.8. The van der Waals surface area contributed by atoms with E-state index in [0.717, 1.165) is 68.1 Å². The number of ether oxygens (including phenoxy) is 9. The summed E-state index contributed by atoms with van der Waals surface area (Å²) in [5.41, 5.74) is 5.35. The third-order valence-corrected chi connectivity index (χ3v) is 18.3. The first-order chi connectivity index (χ1) is 52.0. The number of rotatable bonds is 51. The number of ketones is 3. The second-order valence-corrected chi connectivity index (χ2v) is 26.9. The van der Waals surface area contributed by atoms with Crippen molar-refractivity contribution in [3.8, 4) is 51.7 Å². The van der Waals surface area contributed by atoms with Crippen LogP contribution in [0.5, 0.6) is 51.7 Å². The minimum atomic E-state index is -1.06. The number of benzene rings is 9. The number of carbonyl (C=O) groups excluding carboxylic acids is 3. The Hall–Kier alpha value is -9.93. The van der Waals surface area contributed by atoms with E-state index in [1.165, 1.54) is 64.2 Å². The van der Waals surface area contributed by atoms with Gasteiger partial charge in [-0.3, -0.25) is 14.4 Å². The molecule has 15 heteroatoms. The Labute approximate surface area is 626 Å². The summed E-state index contributed by atoms with van der Waals surface area (Å²) in [5.74, 6) is 3.41. The molecule has 106 heavy (non-hydrogen) atoms. The lowest BCUT2D eigenvalue weighted by Gasteiger charge is -2.21. The highest BCUT2D eigenvalue weighted by Crippen LogP contribution is 2.36. The Kier molecular flexibility index (Phi) is 33.9. The van der Waals surface area contributed by atoms with Crippen molar-refractivity contribution in [2.75, 3.05) is 59.5 Å². The normalized spacial score (nSPS) is 12.3. The summed E-state index contributed by atoms with van der Waals surface area (Å²) in [6, 6.07) is 65.4. The van der Waals surface area contributed by atoms with E-state index in [2.05, 4.69) is 20.8 Å². The molecule has 3 unspecified atom stereocenters. The highest BCUT2D eigenvalue weighted by atomic mass is 16.5. The Morgan fingerprint density at radius 2 is 0.538 bits per heavy atom. The molecule has 9 rings (SSSR count). The highest BCUT2D eigenvalue weighted by molar-refractivity contribution is 6.12. The molecule has 0 aliphatic carbocycles. The van der Waals surface area contributed by atoms with Crippen molar-refractivity contribution >= 4 is 17.3 Å². The smallest absolute Gasteiger partial charge is 0.196 e. The van der Waals surface area contributed by atoms with Gasteiger partial charge in [0.25, 0.3) is 0 Å². The van der Waals surface area contributed by atoms with Crippen LogP contribution in [0.2, 0.25) is 0 Å². The molecule has 9 aromatic rings. The summed E-state index contributed by atoms with van der Waals surface area (Å²) < 4.78 is 55.1. The van der Waals surface area contributed by atoms with Gasteiger partial charge in [-0.15, -0.1) is 0 Å². The number of para-hydroxylation sites is 1. The zero-order valence-electron chi connectivity index (χ0n) is 61.9. The van der Waals surface area contributed by atoms with E-state index in [9.17, 15) is 29.7 Å². The van der Waals surface area contributed by atoms with Gasteiger partial charge in [-0.2, -0.15) is 0 Å². The van der Waals surface area contributed by atoms with Crippen LogP contribution < -0.4 is 42.6 Å². The fourth-order valence-corrected chi connectivity index (χ4v) is 12.3. The summed E-state index contributed by atoms with van der Waals surface area (Å²) >= 11 is 0. The lowest BCUT2D eigenvalue weighted by molar-refractivity contribution is 0.0620. The van der Waals surface area contributed by atoms with Gasteiger partial charge in [0, 0.05) is 34.7 Å². The standard InChI is InChI=1S/C91H106O15/c1-4-7-10-13-16-27-56-98-76-50-42-72(43-51-76)91(97)82-34-25-26-35-85(82)104-64-73(92)61-101-77-44-36-67(37-45-77)88(68-38-46-78(47-39-68)102-62-74(93)65-105-86-59-80(99-57-28-17-14-11-8-5-2)52-54-83(86)89(95)70-30-21-19-22-31-70)69-40-48-79(49-41-69)103-63-75(94)66-106-87-60-81(100-58-29-18-15-12-9-6-3)53-55-84(87)90(96)71-32-23-20-24-33-71/h19-26,30-55,59-60,73-75,88,92-94H,4-18,27-29,56-58,61-66H2,1-3H3. The molecule has 3 atom stereocenters. The largest absolute Gasteiger partial charge is 0.494 e. The van der Waals surface area contributed by atoms with Crippen molar-refractivity contribution in [3.63, 3.8) is 0 Å². The molecule has 9 aromatic carbocycles. The van der Waals surface area contributed by atoms with Gasteiger partial charge in [0.2, 0.25) is 0 Å². The first kappa shape index (κ1) is 80.2.